The summed E-state index contributed by atoms with van der Waals surface area (Å²) < 4.78 is 2.06. The van der Waals surface area contributed by atoms with Crippen LogP contribution in [0.1, 0.15) is 45.1 Å². The molecule has 8 heteroatoms. The highest BCUT2D eigenvalue weighted by molar-refractivity contribution is 7.99. The first-order chi connectivity index (χ1) is 15.4. The highest BCUT2D eigenvalue weighted by atomic mass is 32.2. The second-order valence-corrected chi connectivity index (χ2v) is 9.42. The fourth-order valence-electron chi connectivity index (χ4n) is 4.09. The predicted octanol–water partition coefficient (Wildman–Crippen LogP) is 3.86. The van der Waals surface area contributed by atoms with E-state index in [-0.39, 0.29) is 17.7 Å². The Morgan fingerprint density at radius 2 is 1.94 bits per heavy atom. The summed E-state index contributed by atoms with van der Waals surface area (Å²) in [6, 6.07) is 8.21. The lowest BCUT2D eigenvalue weighted by Gasteiger charge is -2.33. The van der Waals surface area contributed by atoms with Gasteiger partial charge in [0, 0.05) is 44.7 Å². The van der Waals surface area contributed by atoms with Crippen LogP contribution in [0, 0.1) is 12.8 Å². The molecule has 7 nitrogen and oxygen atoms in total. The summed E-state index contributed by atoms with van der Waals surface area (Å²) in [5.41, 5.74) is 2.21. The summed E-state index contributed by atoms with van der Waals surface area (Å²) >= 11 is 1.44. The maximum atomic E-state index is 12.8. The van der Waals surface area contributed by atoms with Gasteiger partial charge in [0.25, 0.3) is 0 Å². The number of hydrogen-bond donors (Lipinski definition) is 0. The van der Waals surface area contributed by atoms with Crippen LogP contribution in [0.3, 0.4) is 0 Å². The van der Waals surface area contributed by atoms with E-state index in [4.69, 9.17) is 0 Å². The first-order valence-corrected chi connectivity index (χ1v) is 12.6. The number of rotatable bonds is 9. The van der Waals surface area contributed by atoms with Crippen LogP contribution < -0.4 is 0 Å². The van der Waals surface area contributed by atoms with Gasteiger partial charge in [-0.05, 0) is 39.2 Å². The minimum absolute atomic E-state index is 0.0358. The molecule has 0 saturated carbocycles. The number of nitrogens with zero attached hydrogens (tertiary/aromatic N) is 5. The largest absolute Gasteiger partial charge is 0.346 e. The van der Waals surface area contributed by atoms with Gasteiger partial charge in [0.2, 0.25) is 11.8 Å². The Bertz CT molecular complexity index is 921. The van der Waals surface area contributed by atoms with Gasteiger partial charge in [-0.15, -0.1) is 10.2 Å². The number of likely N-dealkylation sites (tertiary alicyclic amines) is 1. The molecule has 0 atom stereocenters. The van der Waals surface area contributed by atoms with E-state index >= 15 is 0 Å². The quantitative estimate of drug-likeness (QED) is 0.535. The van der Waals surface area contributed by atoms with E-state index in [1.54, 1.807) is 0 Å². The third kappa shape index (κ3) is 5.91. The van der Waals surface area contributed by atoms with Crippen LogP contribution in [0.25, 0.3) is 11.4 Å². The molecule has 2 amide bonds. The number of aromatic nitrogens is 3. The summed E-state index contributed by atoms with van der Waals surface area (Å²) in [5, 5.41) is 9.49. The number of amides is 2. The van der Waals surface area contributed by atoms with Crippen molar-refractivity contribution in [2.24, 2.45) is 5.92 Å². The molecule has 1 saturated heterocycles. The molecule has 0 N–H and O–H groups in total. The molecular formula is C24H35N5O2S. The Kier molecular flexibility index (Phi) is 8.73. The van der Waals surface area contributed by atoms with Gasteiger partial charge in [0.05, 0.1) is 5.75 Å². The Labute approximate surface area is 195 Å². The Morgan fingerprint density at radius 3 is 2.59 bits per heavy atom. The van der Waals surface area contributed by atoms with Gasteiger partial charge in [0.15, 0.2) is 11.0 Å². The average molecular weight is 458 g/mol. The monoisotopic (exact) mass is 457 g/mol. The van der Waals surface area contributed by atoms with Crippen molar-refractivity contribution < 1.29 is 9.59 Å². The first-order valence-electron chi connectivity index (χ1n) is 11.6. The minimum atomic E-state index is 0.0358. The van der Waals surface area contributed by atoms with E-state index in [0.717, 1.165) is 55.3 Å². The highest BCUT2D eigenvalue weighted by Crippen LogP contribution is 2.26. The molecular weight excluding hydrogens is 422 g/mol. The fraction of sp³-hybridized carbons (Fsp3) is 0.583. The van der Waals surface area contributed by atoms with Gasteiger partial charge in [-0.25, -0.2) is 0 Å². The average Bonchev–Trinajstić information content (AvgIpc) is 3.23. The summed E-state index contributed by atoms with van der Waals surface area (Å²) in [4.78, 5) is 29.1. The van der Waals surface area contributed by atoms with Crippen LogP contribution in [0.15, 0.2) is 29.4 Å². The molecule has 0 spiro atoms. The lowest BCUT2D eigenvalue weighted by Crippen LogP contribution is -2.44. The zero-order valence-electron chi connectivity index (χ0n) is 19.7. The molecule has 0 radical (unpaired) electrons. The van der Waals surface area contributed by atoms with Gasteiger partial charge >= 0.3 is 0 Å². The van der Waals surface area contributed by atoms with Crippen molar-refractivity contribution in [3.63, 3.8) is 0 Å². The molecule has 0 aliphatic carbocycles. The molecule has 1 aliphatic rings. The second kappa shape index (κ2) is 11.5. The standard InChI is InChI=1S/C24H35N5O2S/c1-5-7-13-27(4)23(31)19-11-14-28(15-12-19)21(30)17-32-24-26-25-22(29(24)6-2)20-10-8-9-18(3)16-20/h8-10,16,19H,5-7,11-15,17H2,1-4H3. The van der Waals surface area contributed by atoms with E-state index in [0.29, 0.717) is 18.8 Å². The molecule has 1 fully saturated rings. The number of unbranched alkanes of at least 4 members (excludes halogenated alkanes) is 1. The molecule has 174 valence electrons. The number of hydrogen-bond acceptors (Lipinski definition) is 5. The number of aryl methyl sites for hydroxylation is 1. The Hall–Kier alpha value is -2.35. The Morgan fingerprint density at radius 1 is 1.19 bits per heavy atom. The zero-order valence-corrected chi connectivity index (χ0v) is 20.5. The molecule has 3 rings (SSSR count). The van der Waals surface area contributed by atoms with Crippen molar-refractivity contribution in [2.45, 2.75) is 58.2 Å². The topological polar surface area (TPSA) is 71.3 Å². The van der Waals surface area contributed by atoms with Crippen LogP contribution in [-0.4, -0.2) is 68.8 Å². The number of carbonyl (C=O) groups is 2. The Balaban J connectivity index is 1.53. The SMILES string of the molecule is CCCCN(C)C(=O)C1CCN(C(=O)CSc2nnc(-c3cccc(C)c3)n2CC)CC1. The maximum absolute atomic E-state index is 12.8. The van der Waals surface area contributed by atoms with E-state index in [1.807, 2.05) is 29.0 Å². The van der Waals surface area contributed by atoms with E-state index in [1.165, 1.54) is 17.3 Å². The number of thioether (sulfide) groups is 1. The molecule has 1 aliphatic heterocycles. The molecule has 1 aromatic heterocycles. The summed E-state index contributed by atoms with van der Waals surface area (Å²) in [6.07, 6.45) is 3.61. The van der Waals surface area contributed by atoms with E-state index in [9.17, 15) is 9.59 Å². The normalized spacial score (nSPS) is 14.6. The van der Waals surface area contributed by atoms with Gasteiger partial charge in [-0.1, -0.05) is 48.9 Å². The summed E-state index contributed by atoms with van der Waals surface area (Å²) in [7, 11) is 1.89. The third-order valence-electron chi connectivity index (χ3n) is 6.05. The zero-order chi connectivity index (χ0) is 23.1. The lowest BCUT2D eigenvalue weighted by molar-refractivity contribution is -0.138. The number of carbonyl (C=O) groups excluding carboxylic acids is 2. The van der Waals surface area contributed by atoms with Crippen molar-refractivity contribution in [1.29, 1.82) is 0 Å². The first kappa shape index (κ1) is 24.3. The van der Waals surface area contributed by atoms with Gasteiger partial charge < -0.3 is 14.4 Å². The maximum Gasteiger partial charge on any atom is 0.233 e. The lowest BCUT2D eigenvalue weighted by atomic mass is 9.95. The van der Waals surface area contributed by atoms with Crippen LogP contribution in [0.5, 0.6) is 0 Å². The highest BCUT2D eigenvalue weighted by Gasteiger charge is 2.29. The number of benzene rings is 1. The second-order valence-electron chi connectivity index (χ2n) is 8.48. The van der Waals surface area contributed by atoms with Gasteiger partial charge in [-0.3, -0.25) is 9.59 Å². The molecule has 2 heterocycles. The van der Waals surface area contributed by atoms with Crippen molar-refractivity contribution in [1.82, 2.24) is 24.6 Å². The summed E-state index contributed by atoms with van der Waals surface area (Å²) in [5.74, 6) is 1.52. The molecule has 0 unspecified atom stereocenters. The molecule has 32 heavy (non-hydrogen) atoms. The van der Waals surface area contributed by atoms with Crippen molar-refractivity contribution >= 4 is 23.6 Å². The number of piperidine rings is 1. The van der Waals surface area contributed by atoms with E-state index < -0.39 is 0 Å². The smallest absolute Gasteiger partial charge is 0.233 e. The van der Waals surface area contributed by atoms with Crippen molar-refractivity contribution in [3.05, 3.63) is 29.8 Å². The van der Waals surface area contributed by atoms with Gasteiger partial charge in [0.1, 0.15) is 0 Å². The van der Waals surface area contributed by atoms with Crippen LogP contribution in [0.4, 0.5) is 0 Å². The molecule has 0 bridgehead atoms. The van der Waals surface area contributed by atoms with Crippen LogP contribution in [-0.2, 0) is 16.1 Å². The minimum Gasteiger partial charge on any atom is -0.346 e. The van der Waals surface area contributed by atoms with Crippen molar-refractivity contribution in [3.8, 4) is 11.4 Å². The third-order valence-corrected chi connectivity index (χ3v) is 7.01. The van der Waals surface area contributed by atoms with Gasteiger partial charge in [-0.2, -0.15) is 0 Å². The predicted molar refractivity (Wildman–Crippen MR) is 128 cm³/mol. The van der Waals surface area contributed by atoms with E-state index in [2.05, 4.69) is 47.7 Å². The summed E-state index contributed by atoms with van der Waals surface area (Å²) in [6.45, 7) is 9.10. The fourth-order valence-corrected chi connectivity index (χ4v) is 4.99. The van der Waals surface area contributed by atoms with Crippen LogP contribution in [0.2, 0.25) is 0 Å². The molecule has 2 aromatic rings. The van der Waals surface area contributed by atoms with Crippen molar-refractivity contribution in [2.75, 3.05) is 32.4 Å². The van der Waals surface area contributed by atoms with Crippen LogP contribution >= 0.6 is 11.8 Å². The molecule has 1 aromatic carbocycles.